The van der Waals surface area contributed by atoms with E-state index in [1.165, 1.54) is 6.33 Å². The number of hydrogen-bond donors (Lipinski definition) is 2. The van der Waals surface area contributed by atoms with Crippen LogP contribution in [-0.2, 0) is 0 Å². The Kier molecular flexibility index (Phi) is 2.77. The van der Waals surface area contributed by atoms with Crippen LogP contribution >= 0.6 is 0 Å². The van der Waals surface area contributed by atoms with E-state index >= 15 is 0 Å². The second-order valence-corrected chi connectivity index (χ2v) is 4.69. The van der Waals surface area contributed by atoms with Crippen molar-refractivity contribution in [2.24, 2.45) is 5.41 Å². The summed E-state index contributed by atoms with van der Waals surface area (Å²) < 4.78 is 0. The minimum Gasteiger partial charge on any atom is -0.368 e. The molecular weight excluding hydrogens is 202 g/mol. The van der Waals surface area contributed by atoms with Crippen molar-refractivity contribution in [1.82, 2.24) is 19.9 Å². The van der Waals surface area contributed by atoms with Crippen molar-refractivity contribution < 1.29 is 0 Å². The van der Waals surface area contributed by atoms with Crippen molar-refractivity contribution in [3.8, 4) is 0 Å². The van der Waals surface area contributed by atoms with Gasteiger partial charge in [0.1, 0.15) is 11.8 Å². The molecule has 0 atom stereocenters. The lowest BCUT2D eigenvalue weighted by Gasteiger charge is -2.23. The molecule has 0 amide bonds. The molecule has 0 saturated carbocycles. The van der Waals surface area contributed by atoms with Gasteiger partial charge in [0.05, 0.1) is 6.33 Å². The molecule has 0 aliphatic carbocycles. The fourth-order valence-corrected chi connectivity index (χ4v) is 1.35. The van der Waals surface area contributed by atoms with E-state index in [1.54, 1.807) is 6.33 Å². The van der Waals surface area contributed by atoms with E-state index in [1.807, 2.05) is 0 Å². The van der Waals surface area contributed by atoms with Crippen LogP contribution in [0.15, 0.2) is 12.7 Å². The molecule has 16 heavy (non-hydrogen) atoms. The summed E-state index contributed by atoms with van der Waals surface area (Å²) in [6.45, 7) is 7.53. The molecule has 5 heteroatoms. The van der Waals surface area contributed by atoms with E-state index in [2.05, 4.69) is 46.0 Å². The molecule has 0 fully saturated rings. The highest BCUT2D eigenvalue weighted by molar-refractivity contribution is 5.81. The molecular formula is C11H17N5. The molecule has 0 aromatic carbocycles. The molecule has 0 saturated heterocycles. The van der Waals surface area contributed by atoms with E-state index in [4.69, 9.17) is 0 Å². The molecule has 2 heterocycles. The zero-order valence-corrected chi connectivity index (χ0v) is 9.91. The van der Waals surface area contributed by atoms with Gasteiger partial charge < -0.3 is 10.3 Å². The third-order valence-corrected chi connectivity index (χ3v) is 2.91. The van der Waals surface area contributed by atoms with Crippen molar-refractivity contribution in [2.75, 3.05) is 11.9 Å². The first-order valence-electron chi connectivity index (χ1n) is 5.50. The Morgan fingerprint density at radius 3 is 2.88 bits per heavy atom. The lowest BCUT2D eigenvalue weighted by molar-refractivity contribution is 0.376. The van der Waals surface area contributed by atoms with Gasteiger partial charge in [0.15, 0.2) is 11.5 Å². The van der Waals surface area contributed by atoms with Gasteiger partial charge in [0.25, 0.3) is 0 Å². The van der Waals surface area contributed by atoms with Crippen LogP contribution in [0.2, 0.25) is 0 Å². The van der Waals surface area contributed by atoms with Gasteiger partial charge in [-0.3, -0.25) is 0 Å². The van der Waals surface area contributed by atoms with Crippen molar-refractivity contribution in [2.45, 2.75) is 27.2 Å². The van der Waals surface area contributed by atoms with Crippen LogP contribution in [0.3, 0.4) is 0 Å². The topological polar surface area (TPSA) is 66.5 Å². The summed E-state index contributed by atoms with van der Waals surface area (Å²) in [5.41, 5.74) is 1.83. The Labute approximate surface area is 94.7 Å². The standard InChI is InChI=1S/C11H17N5/c1-4-11(2,3)5-12-9-8-10(14-6-13-8)16-7-15-9/h6-7H,4-5H2,1-3H3,(H2,12,13,14,15,16). The monoisotopic (exact) mass is 219 g/mol. The van der Waals surface area contributed by atoms with Gasteiger partial charge in [-0.2, -0.15) is 0 Å². The first-order valence-corrected chi connectivity index (χ1v) is 5.50. The number of nitrogens with zero attached hydrogens (tertiary/aromatic N) is 3. The van der Waals surface area contributed by atoms with Crippen LogP contribution in [0.5, 0.6) is 0 Å². The van der Waals surface area contributed by atoms with Crippen LogP contribution in [0.25, 0.3) is 11.2 Å². The van der Waals surface area contributed by atoms with Crippen LogP contribution in [0.1, 0.15) is 27.2 Å². The SMILES string of the molecule is CCC(C)(C)CNc1ncnc2nc[nH]c12. The molecule has 2 aromatic rings. The van der Waals surface area contributed by atoms with Crippen molar-refractivity contribution >= 4 is 17.0 Å². The number of fused-ring (bicyclic) bond motifs is 1. The highest BCUT2D eigenvalue weighted by Crippen LogP contribution is 2.21. The maximum atomic E-state index is 4.22. The van der Waals surface area contributed by atoms with E-state index in [0.29, 0.717) is 5.65 Å². The average molecular weight is 219 g/mol. The average Bonchev–Trinajstić information content (AvgIpc) is 2.75. The van der Waals surface area contributed by atoms with Crippen molar-refractivity contribution in [3.63, 3.8) is 0 Å². The molecule has 2 rings (SSSR count). The number of hydrogen-bond acceptors (Lipinski definition) is 4. The van der Waals surface area contributed by atoms with Gasteiger partial charge >= 0.3 is 0 Å². The lowest BCUT2D eigenvalue weighted by atomic mass is 9.90. The zero-order chi connectivity index (χ0) is 11.6. The lowest BCUT2D eigenvalue weighted by Crippen LogP contribution is -2.22. The summed E-state index contributed by atoms with van der Waals surface area (Å²) in [6, 6.07) is 0. The normalized spacial score (nSPS) is 11.9. The van der Waals surface area contributed by atoms with E-state index in [-0.39, 0.29) is 5.41 Å². The van der Waals surface area contributed by atoms with E-state index < -0.39 is 0 Å². The molecule has 0 spiro atoms. The summed E-state index contributed by atoms with van der Waals surface area (Å²) in [6.07, 6.45) is 4.29. The number of anilines is 1. The predicted octanol–water partition coefficient (Wildman–Crippen LogP) is 2.20. The maximum Gasteiger partial charge on any atom is 0.182 e. The molecule has 0 aliphatic rings. The second-order valence-electron chi connectivity index (χ2n) is 4.69. The van der Waals surface area contributed by atoms with Crippen LogP contribution in [0, 0.1) is 5.41 Å². The summed E-state index contributed by atoms with van der Waals surface area (Å²) in [5, 5.41) is 3.34. The molecule has 0 aliphatic heterocycles. The number of aromatic amines is 1. The number of aromatic nitrogens is 4. The van der Waals surface area contributed by atoms with Crippen LogP contribution < -0.4 is 5.32 Å². The third-order valence-electron chi connectivity index (χ3n) is 2.91. The Morgan fingerprint density at radius 2 is 2.12 bits per heavy atom. The summed E-state index contributed by atoms with van der Waals surface area (Å²) in [7, 11) is 0. The van der Waals surface area contributed by atoms with Gasteiger partial charge in [-0.15, -0.1) is 0 Å². The second kappa shape index (κ2) is 4.08. The summed E-state index contributed by atoms with van der Waals surface area (Å²) >= 11 is 0. The quantitative estimate of drug-likeness (QED) is 0.827. The minimum atomic E-state index is 0.261. The summed E-state index contributed by atoms with van der Waals surface area (Å²) in [5.74, 6) is 0.823. The number of rotatable bonds is 4. The highest BCUT2D eigenvalue weighted by atomic mass is 15.1. The Balaban J connectivity index is 2.18. The number of imidazole rings is 1. The largest absolute Gasteiger partial charge is 0.368 e. The van der Waals surface area contributed by atoms with E-state index in [0.717, 1.165) is 24.3 Å². The Hall–Kier alpha value is -1.65. The molecule has 0 bridgehead atoms. The Bertz CT molecular complexity index is 474. The van der Waals surface area contributed by atoms with Crippen LogP contribution in [-0.4, -0.2) is 26.5 Å². The van der Waals surface area contributed by atoms with Crippen molar-refractivity contribution in [1.29, 1.82) is 0 Å². The summed E-state index contributed by atoms with van der Waals surface area (Å²) in [4.78, 5) is 15.4. The molecule has 86 valence electrons. The maximum absolute atomic E-state index is 4.22. The number of nitrogens with one attached hydrogen (secondary N) is 2. The molecule has 2 N–H and O–H groups in total. The number of H-pyrrole nitrogens is 1. The van der Waals surface area contributed by atoms with Gasteiger partial charge in [0.2, 0.25) is 0 Å². The third kappa shape index (κ3) is 2.13. The van der Waals surface area contributed by atoms with Crippen molar-refractivity contribution in [3.05, 3.63) is 12.7 Å². The minimum absolute atomic E-state index is 0.261. The van der Waals surface area contributed by atoms with Crippen LogP contribution in [0.4, 0.5) is 5.82 Å². The molecule has 5 nitrogen and oxygen atoms in total. The van der Waals surface area contributed by atoms with Gasteiger partial charge in [-0.05, 0) is 11.8 Å². The fraction of sp³-hybridized carbons (Fsp3) is 0.545. The molecule has 2 aromatic heterocycles. The van der Waals surface area contributed by atoms with Gasteiger partial charge in [0, 0.05) is 6.54 Å². The van der Waals surface area contributed by atoms with E-state index in [9.17, 15) is 0 Å². The smallest absolute Gasteiger partial charge is 0.182 e. The highest BCUT2D eigenvalue weighted by Gasteiger charge is 2.15. The molecule has 0 radical (unpaired) electrons. The first kappa shape index (κ1) is 10.9. The van der Waals surface area contributed by atoms with Gasteiger partial charge in [-0.25, -0.2) is 15.0 Å². The fourth-order valence-electron chi connectivity index (χ4n) is 1.35. The Morgan fingerprint density at radius 1 is 1.31 bits per heavy atom. The first-order chi connectivity index (χ1) is 7.62. The zero-order valence-electron chi connectivity index (χ0n) is 9.91. The predicted molar refractivity (Wildman–Crippen MR) is 64.2 cm³/mol. The molecule has 0 unspecified atom stereocenters. The van der Waals surface area contributed by atoms with Gasteiger partial charge in [-0.1, -0.05) is 20.8 Å².